The molecule has 3 aliphatic rings. The molecule has 2 N–H and O–H groups in total. The number of carbonyl (C=O) groups is 1. The van der Waals surface area contributed by atoms with Gasteiger partial charge in [-0.15, -0.1) is 0 Å². The number of fused-ring (bicyclic) bond motifs is 1. The Labute approximate surface area is 239 Å². The maximum Gasteiger partial charge on any atom is 0.416 e. The van der Waals surface area contributed by atoms with Gasteiger partial charge in [0.2, 0.25) is 5.91 Å². The lowest BCUT2D eigenvalue weighted by Gasteiger charge is -2.35. The first-order valence-electron chi connectivity index (χ1n) is 14.4. The standard InChI is InChI=1S/C31H39F3N4OS/c1-22(21-37-14-3-2-4-15-37)23-11-12-28-24(17-23)7-5-10-29(28)36-30(39)19-26-20-35-13-16-38(26)40-27-9-6-8-25(18-27)31(32,33)34/h6,8-9,11-12,17-18,26,29,35H,1-5,7,10,13-16,19-21H2,(H,36,39). The number of benzene rings is 2. The van der Waals surface area contributed by atoms with Crippen molar-refractivity contribution in [2.45, 2.75) is 68.1 Å². The topological polar surface area (TPSA) is 47.6 Å². The SMILES string of the molecule is C=C(CN1CCCCC1)c1ccc2c(c1)CCCC2NC(=O)CC1CNCCN1Sc1cccc(C(F)(F)F)c1. The zero-order chi connectivity index (χ0) is 28.1. The normalized spacial score (nSPS) is 22.5. The molecule has 2 atom stereocenters. The Morgan fingerprint density at radius 2 is 1.90 bits per heavy atom. The molecule has 40 heavy (non-hydrogen) atoms. The zero-order valence-electron chi connectivity index (χ0n) is 22.9. The van der Waals surface area contributed by atoms with Crippen LogP contribution in [0.5, 0.6) is 0 Å². The van der Waals surface area contributed by atoms with Gasteiger partial charge in [-0.05, 0) is 97.6 Å². The van der Waals surface area contributed by atoms with E-state index in [9.17, 15) is 18.0 Å². The highest BCUT2D eigenvalue weighted by Gasteiger charge is 2.32. The van der Waals surface area contributed by atoms with Crippen LogP contribution in [0.15, 0.2) is 53.9 Å². The molecule has 2 saturated heterocycles. The van der Waals surface area contributed by atoms with Gasteiger partial charge >= 0.3 is 6.18 Å². The van der Waals surface area contributed by atoms with E-state index in [1.165, 1.54) is 60.0 Å². The Hall–Kier alpha value is -2.33. The Bertz CT molecular complexity index is 1200. The fourth-order valence-electron chi connectivity index (χ4n) is 6.03. The quantitative estimate of drug-likeness (QED) is 0.376. The van der Waals surface area contributed by atoms with Gasteiger partial charge in [-0.25, -0.2) is 4.31 Å². The van der Waals surface area contributed by atoms with Crippen molar-refractivity contribution in [3.8, 4) is 0 Å². The zero-order valence-corrected chi connectivity index (χ0v) is 23.8. The van der Waals surface area contributed by atoms with Crippen LogP contribution in [0, 0.1) is 0 Å². The number of nitrogens with zero attached hydrogens (tertiary/aromatic N) is 2. The highest BCUT2D eigenvalue weighted by atomic mass is 32.2. The summed E-state index contributed by atoms with van der Waals surface area (Å²) in [5.41, 5.74) is 4.16. The monoisotopic (exact) mass is 572 g/mol. The number of hydrogen-bond donors (Lipinski definition) is 2. The predicted octanol–water partition coefficient (Wildman–Crippen LogP) is 6.07. The molecule has 0 spiro atoms. The molecular weight excluding hydrogens is 533 g/mol. The Balaban J connectivity index is 1.20. The van der Waals surface area contributed by atoms with Crippen molar-refractivity contribution >= 4 is 23.4 Å². The number of halogens is 3. The van der Waals surface area contributed by atoms with Gasteiger partial charge in [0.25, 0.3) is 0 Å². The molecule has 5 nitrogen and oxygen atoms in total. The van der Waals surface area contributed by atoms with Crippen molar-refractivity contribution < 1.29 is 18.0 Å². The maximum atomic E-state index is 13.2. The van der Waals surface area contributed by atoms with Crippen LogP contribution >= 0.6 is 11.9 Å². The summed E-state index contributed by atoms with van der Waals surface area (Å²) >= 11 is 1.30. The third-order valence-electron chi connectivity index (χ3n) is 8.17. The number of aryl methyl sites for hydroxylation is 1. The van der Waals surface area contributed by atoms with Gasteiger partial charge in [0.05, 0.1) is 11.6 Å². The van der Waals surface area contributed by atoms with Gasteiger partial charge in [0.1, 0.15) is 0 Å². The van der Waals surface area contributed by atoms with Crippen molar-refractivity contribution in [3.63, 3.8) is 0 Å². The summed E-state index contributed by atoms with van der Waals surface area (Å²) in [6.45, 7) is 9.56. The van der Waals surface area contributed by atoms with Gasteiger partial charge in [0, 0.05) is 43.5 Å². The van der Waals surface area contributed by atoms with Crippen LogP contribution in [-0.4, -0.2) is 60.4 Å². The third kappa shape index (κ3) is 7.49. The first-order valence-corrected chi connectivity index (χ1v) is 15.2. The Morgan fingerprint density at radius 1 is 1.07 bits per heavy atom. The molecule has 2 aromatic rings. The van der Waals surface area contributed by atoms with Crippen molar-refractivity contribution in [2.75, 3.05) is 39.3 Å². The number of nitrogens with one attached hydrogen (secondary N) is 2. The lowest BCUT2D eigenvalue weighted by Crippen LogP contribution is -2.50. The van der Waals surface area contributed by atoms with Crippen LogP contribution in [0.2, 0.25) is 0 Å². The number of piperazine rings is 1. The molecule has 2 heterocycles. The molecular formula is C31H39F3N4OS. The molecule has 2 aromatic carbocycles. The van der Waals surface area contributed by atoms with Crippen LogP contribution in [-0.2, 0) is 17.4 Å². The lowest BCUT2D eigenvalue weighted by atomic mass is 9.85. The van der Waals surface area contributed by atoms with E-state index in [0.717, 1.165) is 57.1 Å². The van der Waals surface area contributed by atoms with Crippen LogP contribution in [0.1, 0.15) is 66.8 Å². The molecule has 2 aliphatic heterocycles. The van der Waals surface area contributed by atoms with Crippen molar-refractivity contribution in [2.24, 2.45) is 0 Å². The van der Waals surface area contributed by atoms with E-state index < -0.39 is 11.7 Å². The number of carbonyl (C=O) groups excluding carboxylic acids is 1. The van der Waals surface area contributed by atoms with Crippen molar-refractivity contribution in [1.29, 1.82) is 0 Å². The second-order valence-corrected chi connectivity index (χ2v) is 12.3. The minimum atomic E-state index is -4.38. The van der Waals surface area contributed by atoms with Gasteiger partial charge in [-0.1, -0.05) is 37.3 Å². The second-order valence-electron chi connectivity index (χ2n) is 11.2. The largest absolute Gasteiger partial charge is 0.416 e. The fourth-order valence-corrected chi connectivity index (χ4v) is 7.10. The lowest BCUT2D eigenvalue weighted by molar-refractivity contribution is -0.137. The van der Waals surface area contributed by atoms with Gasteiger partial charge in [-0.3, -0.25) is 9.69 Å². The maximum absolute atomic E-state index is 13.2. The van der Waals surface area contributed by atoms with Crippen molar-refractivity contribution in [3.05, 3.63) is 71.3 Å². The molecule has 1 aliphatic carbocycles. The van der Waals surface area contributed by atoms with E-state index in [1.54, 1.807) is 6.07 Å². The van der Waals surface area contributed by atoms with Gasteiger partial charge in [-0.2, -0.15) is 13.2 Å². The number of piperidine rings is 1. The first-order chi connectivity index (χ1) is 19.3. The average Bonchev–Trinajstić information content (AvgIpc) is 2.94. The van der Waals surface area contributed by atoms with E-state index >= 15 is 0 Å². The first kappa shape index (κ1) is 29.2. The summed E-state index contributed by atoms with van der Waals surface area (Å²) in [4.78, 5) is 16.2. The summed E-state index contributed by atoms with van der Waals surface area (Å²) in [6.07, 6.45) is 2.67. The number of likely N-dealkylation sites (tertiary alicyclic amines) is 1. The highest BCUT2D eigenvalue weighted by molar-refractivity contribution is 7.97. The Kier molecular flexibility index (Phi) is 9.56. The van der Waals surface area contributed by atoms with Crippen LogP contribution in [0.4, 0.5) is 13.2 Å². The molecule has 0 aromatic heterocycles. The predicted molar refractivity (Wildman–Crippen MR) is 155 cm³/mol. The summed E-state index contributed by atoms with van der Waals surface area (Å²) in [5, 5.41) is 6.60. The summed E-state index contributed by atoms with van der Waals surface area (Å²) < 4.78 is 41.6. The molecule has 2 fully saturated rings. The van der Waals surface area contributed by atoms with Gasteiger partial charge < -0.3 is 10.6 Å². The number of rotatable bonds is 8. The molecule has 0 saturated carbocycles. The average molecular weight is 573 g/mol. The molecule has 1 amide bonds. The second kappa shape index (κ2) is 13.1. The van der Waals surface area contributed by atoms with Crippen LogP contribution in [0.3, 0.4) is 0 Å². The number of alkyl halides is 3. The molecule has 0 bridgehead atoms. The van der Waals surface area contributed by atoms with E-state index in [1.807, 2.05) is 4.31 Å². The van der Waals surface area contributed by atoms with Crippen LogP contribution in [0.25, 0.3) is 5.57 Å². The van der Waals surface area contributed by atoms with E-state index in [4.69, 9.17) is 0 Å². The number of amides is 1. The Morgan fingerprint density at radius 3 is 2.70 bits per heavy atom. The summed E-state index contributed by atoms with van der Waals surface area (Å²) in [6, 6.07) is 11.8. The van der Waals surface area contributed by atoms with E-state index in [-0.39, 0.29) is 24.4 Å². The van der Waals surface area contributed by atoms with E-state index in [0.29, 0.717) is 18.0 Å². The highest BCUT2D eigenvalue weighted by Crippen LogP contribution is 2.35. The van der Waals surface area contributed by atoms with Crippen molar-refractivity contribution in [1.82, 2.24) is 19.8 Å². The molecule has 2 unspecified atom stereocenters. The fraction of sp³-hybridized carbons (Fsp3) is 0.516. The minimum absolute atomic E-state index is 0.0261. The molecule has 9 heteroatoms. The molecule has 5 rings (SSSR count). The van der Waals surface area contributed by atoms with Gasteiger partial charge in [0.15, 0.2) is 0 Å². The van der Waals surface area contributed by atoms with Crippen LogP contribution < -0.4 is 10.6 Å². The summed E-state index contributed by atoms with van der Waals surface area (Å²) in [5.74, 6) is -0.0280. The van der Waals surface area contributed by atoms with E-state index in [2.05, 4.69) is 40.3 Å². The molecule has 0 radical (unpaired) electrons. The smallest absolute Gasteiger partial charge is 0.349 e. The minimum Gasteiger partial charge on any atom is -0.349 e. The molecule has 216 valence electrons. The number of hydrogen-bond acceptors (Lipinski definition) is 5. The summed E-state index contributed by atoms with van der Waals surface area (Å²) in [7, 11) is 0. The third-order valence-corrected chi connectivity index (χ3v) is 9.35.